The molecule has 3 saturated heterocycles. The van der Waals surface area contributed by atoms with E-state index in [1.165, 1.54) is 0 Å². The van der Waals surface area contributed by atoms with Crippen LogP contribution >= 0.6 is 0 Å². The number of carbonyl (C=O) groups excluding carboxylic acids is 3. The van der Waals surface area contributed by atoms with Gasteiger partial charge in [-0.05, 0) is 58.9 Å². The zero-order valence-corrected chi connectivity index (χ0v) is 25.9. The van der Waals surface area contributed by atoms with Crippen LogP contribution in [0.4, 0.5) is 0 Å². The van der Waals surface area contributed by atoms with E-state index in [1.54, 1.807) is 26.9 Å². The lowest BCUT2D eigenvalue weighted by Gasteiger charge is -2.42. The lowest BCUT2D eigenvalue weighted by molar-refractivity contribution is -0.156. The molecular formula is C34H49N3O5. The molecule has 1 spiro atoms. The lowest BCUT2D eigenvalue weighted by atomic mass is 9.66. The average Bonchev–Trinajstić information content (AvgIpc) is 3.51. The van der Waals surface area contributed by atoms with Crippen molar-refractivity contribution in [3.05, 3.63) is 61.2 Å². The van der Waals surface area contributed by atoms with Gasteiger partial charge in [-0.2, -0.15) is 0 Å². The maximum absolute atomic E-state index is 14.5. The van der Waals surface area contributed by atoms with Gasteiger partial charge in [0, 0.05) is 38.3 Å². The quantitative estimate of drug-likeness (QED) is 0.262. The first kappa shape index (κ1) is 32.0. The van der Waals surface area contributed by atoms with Crippen LogP contribution in [-0.4, -0.2) is 86.6 Å². The van der Waals surface area contributed by atoms with Crippen molar-refractivity contribution >= 4 is 17.7 Å². The van der Waals surface area contributed by atoms with Crippen LogP contribution in [0.1, 0.15) is 71.8 Å². The minimum absolute atomic E-state index is 0.129. The molecule has 42 heavy (non-hydrogen) atoms. The molecule has 230 valence electrons. The summed E-state index contributed by atoms with van der Waals surface area (Å²) in [5.41, 5.74) is -1.41. The van der Waals surface area contributed by atoms with E-state index in [9.17, 15) is 19.5 Å². The standard InChI is InChI=1S/C34H49N3O5/c1-7-20-35(24-25-16-12-11-13-17-25)29(39)26-27-30(40)36(22-14-9-10-15-23-38)28(34(27)19-18-33(26,6)42-34)31(41)37(21-8-2)32(3,4)5/h7-8,11-13,16-17,26-28,38H,1-2,9-10,14-15,18-24H2,3-6H3/t26-,27-,28?,33+,34?/m0/s1. The molecule has 5 atom stereocenters. The third kappa shape index (κ3) is 5.80. The first-order valence-corrected chi connectivity index (χ1v) is 15.4. The topological polar surface area (TPSA) is 90.4 Å². The number of hydrogen-bond acceptors (Lipinski definition) is 5. The van der Waals surface area contributed by atoms with Gasteiger partial charge in [-0.3, -0.25) is 14.4 Å². The summed E-state index contributed by atoms with van der Waals surface area (Å²) in [6.45, 7) is 17.3. The summed E-state index contributed by atoms with van der Waals surface area (Å²) in [6, 6.07) is 8.99. The minimum atomic E-state index is -1.06. The fraction of sp³-hybridized carbons (Fsp3) is 0.618. The SMILES string of the molecule is C=CCN(Cc1ccccc1)C(=O)[C@@H]1[C@H]2C(=O)N(CCCCCCO)C(C(=O)N(CC=C)C(C)(C)C)C23CC[C@@]1(C)O3. The molecule has 1 N–H and O–H groups in total. The predicted octanol–water partition coefficient (Wildman–Crippen LogP) is 4.33. The van der Waals surface area contributed by atoms with Crippen LogP contribution in [0.2, 0.25) is 0 Å². The maximum atomic E-state index is 14.5. The van der Waals surface area contributed by atoms with Crippen molar-refractivity contribution in [1.82, 2.24) is 14.7 Å². The summed E-state index contributed by atoms with van der Waals surface area (Å²) < 4.78 is 6.86. The second kappa shape index (κ2) is 12.7. The van der Waals surface area contributed by atoms with Crippen LogP contribution in [0.15, 0.2) is 55.6 Å². The Morgan fingerprint density at radius 3 is 2.33 bits per heavy atom. The molecule has 8 nitrogen and oxygen atoms in total. The normalized spacial score (nSPS) is 28.1. The van der Waals surface area contributed by atoms with Gasteiger partial charge in [0.1, 0.15) is 11.6 Å². The number of likely N-dealkylation sites (tertiary alicyclic amines) is 1. The van der Waals surface area contributed by atoms with E-state index in [-0.39, 0.29) is 24.3 Å². The Labute approximate surface area is 251 Å². The molecule has 0 aromatic heterocycles. The molecule has 0 aliphatic carbocycles. The number of ether oxygens (including phenoxy) is 1. The third-order valence-corrected chi connectivity index (χ3v) is 9.35. The molecule has 0 saturated carbocycles. The summed E-state index contributed by atoms with van der Waals surface area (Å²) >= 11 is 0. The largest absolute Gasteiger partial charge is 0.396 e. The highest BCUT2D eigenvalue weighted by molar-refractivity contribution is 5.99. The van der Waals surface area contributed by atoms with E-state index in [2.05, 4.69) is 13.2 Å². The Morgan fingerprint density at radius 2 is 1.71 bits per heavy atom. The highest BCUT2D eigenvalue weighted by Gasteiger charge is 2.78. The van der Waals surface area contributed by atoms with E-state index in [1.807, 2.05) is 58.0 Å². The number of benzene rings is 1. The zero-order valence-electron chi connectivity index (χ0n) is 25.9. The van der Waals surface area contributed by atoms with Crippen molar-refractivity contribution in [2.45, 2.75) is 95.5 Å². The summed E-state index contributed by atoms with van der Waals surface area (Å²) in [5.74, 6) is -1.87. The number of aliphatic hydroxyl groups is 1. The third-order valence-electron chi connectivity index (χ3n) is 9.35. The van der Waals surface area contributed by atoms with Crippen LogP contribution < -0.4 is 0 Å². The number of rotatable bonds is 14. The Morgan fingerprint density at radius 1 is 1.05 bits per heavy atom. The van der Waals surface area contributed by atoms with Crippen molar-refractivity contribution in [2.75, 3.05) is 26.2 Å². The summed E-state index contributed by atoms with van der Waals surface area (Å²) in [6.07, 6.45) is 7.68. The van der Waals surface area contributed by atoms with E-state index in [0.717, 1.165) is 18.4 Å². The van der Waals surface area contributed by atoms with Crippen LogP contribution in [0, 0.1) is 11.8 Å². The van der Waals surface area contributed by atoms with Gasteiger partial charge < -0.3 is 24.5 Å². The minimum Gasteiger partial charge on any atom is -0.396 e. The zero-order chi connectivity index (χ0) is 30.7. The molecule has 3 aliphatic rings. The summed E-state index contributed by atoms with van der Waals surface area (Å²) in [4.78, 5) is 48.7. The van der Waals surface area contributed by atoms with Crippen LogP contribution in [0.5, 0.6) is 0 Å². The molecule has 3 amide bonds. The Balaban J connectivity index is 1.72. The van der Waals surface area contributed by atoms with Gasteiger partial charge in [0.25, 0.3) is 0 Å². The van der Waals surface area contributed by atoms with Gasteiger partial charge in [0.15, 0.2) is 0 Å². The Bertz CT molecular complexity index is 1160. The van der Waals surface area contributed by atoms with Gasteiger partial charge >= 0.3 is 0 Å². The number of carbonyl (C=O) groups is 3. The summed E-state index contributed by atoms with van der Waals surface area (Å²) in [5, 5.41) is 9.20. The molecule has 1 aromatic carbocycles. The molecule has 4 rings (SSSR count). The van der Waals surface area contributed by atoms with Crippen molar-refractivity contribution in [3.8, 4) is 0 Å². The second-order valence-electron chi connectivity index (χ2n) is 13.3. The molecule has 2 bridgehead atoms. The van der Waals surface area contributed by atoms with Crippen molar-refractivity contribution in [2.24, 2.45) is 11.8 Å². The highest BCUT2D eigenvalue weighted by atomic mass is 16.5. The molecule has 3 fully saturated rings. The number of hydrogen-bond donors (Lipinski definition) is 1. The molecule has 1 aromatic rings. The van der Waals surface area contributed by atoms with Crippen LogP contribution in [0.25, 0.3) is 0 Å². The fourth-order valence-electron chi connectivity index (χ4n) is 7.43. The maximum Gasteiger partial charge on any atom is 0.249 e. The number of amides is 3. The molecular weight excluding hydrogens is 530 g/mol. The Hall–Kier alpha value is -2.97. The molecule has 2 unspecified atom stereocenters. The fourth-order valence-corrected chi connectivity index (χ4v) is 7.43. The van der Waals surface area contributed by atoms with Gasteiger partial charge in [-0.15, -0.1) is 13.2 Å². The number of fused-ring (bicyclic) bond motifs is 1. The highest BCUT2D eigenvalue weighted by Crippen LogP contribution is 2.63. The van der Waals surface area contributed by atoms with Crippen molar-refractivity contribution in [3.63, 3.8) is 0 Å². The van der Waals surface area contributed by atoms with E-state index >= 15 is 0 Å². The lowest BCUT2D eigenvalue weighted by Crippen LogP contribution is -2.60. The van der Waals surface area contributed by atoms with Gasteiger partial charge in [-0.1, -0.05) is 55.3 Å². The van der Waals surface area contributed by atoms with E-state index in [0.29, 0.717) is 51.9 Å². The van der Waals surface area contributed by atoms with E-state index < -0.39 is 34.6 Å². The van der Waals surface area contributed by atoms with Crippen LogP contribution in [-0.2, 0) is 25.7 Å². The number of unbranched alkanes of at least 4 members (excludes halogenated alkanes) is 3. The molecule has 3 heterocycles. The van der Waals surface area contributed by atoms with Gasteiger partial charge in [-0.25, -0.2) is 0 Å². The monoisotopic (exact) mass is 579 g/mol. The van der Waals surface area contributed by atoms with Crippen molar-refractivity contribution < 1.29 is 24.2 Å². The van der Waals surface area contributed by atoms with E-state index in [4.69, 9.17) is 4.74 Å². The van der Waals surface area contributed by atoms with Crippen molar-refractivity contribution in [1.29, 1.82) is 0 Å². The molecule has 0 radical (unpaired) electrons. The van der Waals surface area contributed by atoms with Gasteiger partial charge in [0.05, 0.1) is 17.4 Å². The summed E-state index contributed by atoms with van der Waals surface area (Å²) in [7, 11) is 0. The van der Waals surface area contributed by atoms with Gasteiger partial charge in [0.2, 0.25) is 17.7 Å². The first-order valence-electron chi connectivity index (χ1n) is 15.4. The predicted molar refractivity (Wildman–Crippen MR) is 163 cm³/mol. The molecule has 8 heteroatoms. The second-order valence-corrected chi connectivity index (χ2v) is 13.3. The number of nitrogens with zero attached hydrogens (tertiary/aromatic N) is 3. The molecule has 3 aliphatic heterocycles. The smallest absolute Gasteiger partial charge is 0.249 e. The number of aliphatic hydroxyl groups excluding tert-OH is 1. The average molecular weight is 580 g/mol. The Kier molecular flexibility index (Phi) is 9.68. The first-order chi connectivity index (χ1) is 19.9. The van der Waals surface area contributed by atoms with Crippen LogP contribution in [0.3, 0.4) is 0 Å².